The molecule has 3 nitrogen and oxygen atoms in total. The van der Waals surface area contributed by atoms with E-state index < -0.39 is 0 Å². The normalized spacial score (nSPS) is 22.2. The molecule has 1 fully saturated rings. The van der Waals surface area contributed by atoms with Gasteiger partial charge in [-0.2, -0.15) is 11.3 Å². The lowest BCUT2D eigenvalue weighted by molar-refractivity contribution is 0.0765. The SMILES string of the molecule is O=C(c1ccsc1)N1CC[C@@H](O)C1. The Morgan fingerprint density at radius 1 is 1.69 bits per heavy atom. The van der Waals surface area contributed by atoms with Gasteiger partial charge < -0.3 is 10.0 Å². The van der Waals surface area contributed by atoms with Crippen LogP contribution in [0.5, 0.6) is 0 Å². The van der Waals surface area contributed by atoms with Gasteiger partial charge in [0.25, 0.3) is 5.91 Å². The summed E-state index contributed by atoms with van der Waals surface area (Å²) in [6.07, 6.45) is 0.373. The van der Waals surface area contributed by atoms with E-state index in [0.29, 0.717) is 19.5 Å². The number of amides is 1. The number of likely N-dealkylation sites (tertiary alicyclic amines) is 1. The van der Waals surface area contributed by atoms with Gasteiger partial charge >= 0.3 is 0 Å². The molecule has 1 aliphatic heterocycles. The molecule has 0 bridgehead atoms. The second kappa shape index (κ2) is 3.47. The minimum Gasteiger partial charge on any atom is -0.391 e. The largest absolute Gasteiger partial charge is 0.391 e. The van der Waals surface area contributed by atoms with Crippen molar-refractivity contribution >= 4 is 17.2 Å². The number of carbonyl (C=O) groups is 1. The Balaban J connectivity index is 2.06. The Hall–Kier alpha value is -0.870. The van der Waals surface area contributed by atoms with Crippen molar-refractivity contribution in [3.05, 3.63) is 22.4 Å². The third kappa shape index (κ3) is 1.73. The molecule has 1 aromatic heterocycles. The number of aliphatic hydroxyl groups excluding tert-OH is 1. The highest BCUT2D eigenvalue weighted by atomic mass is 32.1. The smallest absolute Gasteiger partial charge is 0.254 e. The molecule has 2 rings (SSSR count). The van der Waals surface area contributed by atoms with Crippen molar-refractivity contribution in [2.75, 3.05) is 13.1 Å². The molecule has 1 N–H and O–H groups in total. The Bertz CT molecular complexity index is 297. The summed E-state index contributed by atoms with van der Waals surface area (Å²) in [6.45, 7) is 1.16. The summed E-state index contributed by atoms with van der Waals surface area (Å²) in [5.41, 5.74) is 0.735. The first-order chi connectivity index (χ1) is 6.27. The van der Waals surface area contributed by atoms with Crippen LogP contribution < -0.4 is 0 Å². The van der Waals surface area contributed by atoms with Crippen LogP contribution in [0.2, 0.25) is 0 Å². The van der Waals surface area contributed by atoms with Crippen molar-refractivity contribution in [2.24, 2.45) is 0 Å². The van der Waals surface area contributed by atoms with Gasteiger partial charge in [-0.05, 0) is 17.9 Å². The van der Waals surface area contributed by atoms with Crippen molar-refractivity contribution in [1.82, 2.24) is 4.90 Å². The monoisotopic (exact) mass is 197 g/mol. The number of nitrogens with zero attached hydrogens (tertiary/aromatic N) is 1. The topological polar surface area (TPSA) is 40.5 Å². The van der Waals surface area contributed by atoms with E-state index in [-0.39, 0.29) is 12.0 Å². The van der Waals surface area contributed by atoms with Crippen molar-refractivity contribution in [3.8, 4) is 0 Å². The Morgan fingerprint density at radius 2 is 2.54 bits per heavy atom. The molecule has 2 heterocycles. The van der Waals surface area contributed by atoms with Gasteiger partial charge in [-0.1, -0.05) is 0 Å². The van der Waals surface area contributed by atoms with Gasteiger partial charge in [-0.25, -0.2) is 0 Å². The van der Waals surface area contributed by atoms with Crippen molar-refractivity contribution in [1.29, 1.82) is 0 Å². The molecule has 1 aliphatic rings. The highest BCUT2D eigenvalue weighted by Crippen LogP contribution is 2.15. The van der Waals surface area contributed by atoms with Crippen LogP contribution in [0.25, 0.3) is 0 Å². The fourth-order valence-electron chi connectivity index (χ4n) is 1.50. The molecular formula is C9H11NO2S. The molecule has 0 spiro atoms. The average molecular weight is 197 g/mol. The molecule has 1 amide bonds. The van der Waals surface area contributed by atoms with Gasteiger partial charge in [-0.3, -0.25) is 4.79 Å². The number of rotatable bonds is 1. The molecule has 1 saturated heterocycles. The van der Waals surface area contributed by atoms with Crippen LogP contribution in [0.1, 0.15) is 16.8 Å². The number of aliphatic hydroxyl groups is 1. The highest BCUT2D eigenvalue weighted by Gasteiger charge is 2.25. The first-order valence-electron chi connectivity index (χ1n) is 4.27. The lowest BCUT2D eigenvalue weighted by Gasteiger charge is -2.13. The maximum atomic E-state index is 11.7. The Morgan fingerprint density at radius 3 is 3.08 bits per heavy atom. The van der Waals surface area contributed by atoms with E-state index in [1.54, 1.807) is 4.90 Å². The fraction of sp³-hybridized carbons (Fsp3) is 0.444. The quantitative estimate of drug-likeness (QED) is 0.728. The minimum atomic E-state index is -0.331. The van der Waals surface area contributed by atoms with E-state index in [4.69, 9.17) is 0 Å². The molecule has 1 atom stereocenters. The molecular weight excluding hydrogens is 186 g/mol. The summed E-state index contributed by atoms with van der Waals surface area (Å²) in [7, 11) is 0. The number of hydrogen-bond donors (Lipinski definition) is 1. The van der Waals surface area contributed by atoms with Gasteiger partial charge in [0.05, 0.1) is 11.7 Å². The summed E-state index contributed by atoms with van der Waals surface area (Å²) >= 11 is 1.52. The Labute approximate surface area is 80.6 Å². The summed E-state index contributed by atoms with van der Waals surface area (Å²) in [5.74, 6) is 0.0396. The maximum absolute atomic E-state index is 11.7. The average Bonchev–Trinajstić information content (AvgIpc) is 2.72. The van der Waals surface area contributed by atoms with Crippen LogP contribution >= 0.6 is 11.3 Å². The summed E-state index contributed by atoms with van der Waals surface area (Å²) in [6, 6.07) is 1.82. The van der Waals surface area contributed by atoms with Crippen LogP contribution in [0.4, 0.5) is 0 Å². The molecule has 0 unspecified atom stereocenters. The third-order valence-corrected chi connectivity index (χ3v) is 2.90. The van der Waals surface area contributed by atoms with Gasteiger partial charge in [-0.15, -0.1) is 0 Å². The highest BCUT2D eigenvalue weighted by molar-refractivity contribution is 7.08. The Kier molecular flexibility index (Phi) is 2.33. The molecule has 0 aromatic carbocycles. The molecule has 70 valence electrons. The zero-order valence-electron chi connectivity index (χ0n) is 7.14. The fourth-order valence-corrected chi connectivity index (χ4v) is 2.12. The second-order valence-corrected chi connectivity index (χ2v) is 3.99. The molecule has 0 saturated carbocycles. The van der Waals surface area contributed by atoms with Crippen LogP contribution in [-0.4, -0.2) is 35.1 Å². The number of hydrogen-bond acceptors (Lipinski definition) is 3. The number of thiophene rings is 1. The first kappa shape index (κ1) is 8.72. The third-order valence-electron chi connectivity index (χ3n) is 2.22. The second-order valence-electron chi connectivity index (χ2n) is 3.21. The van der Waals surface area contributed by atoms with Crippen molar-refractivity contribution in [2.45, 2.75) is 12.5 Å². The van der Waals surface area contributed by atoms with Crippen LogP contribution in [0, 0.1) is 0 Å². The molecule has 0 radical (unpaired) electrons. The minimum absolute atomic E-state index is 0.0396. The lowest BCUT2D eigenvalue weighted by atomic mass is 10.3. The van der Waals surface area contributed by atoms with E-state index in [1.165, 1.54) is 11.3 Å². The summed E-state index contributed by atoms with van der Waals surface area (Å²) in [5, 5.41) is 13.0. The molecule has 1 aromatic rings. The van der Waals surface area contributed by atoms with E-state index in [2.05, 4.69) is 0 Å². The van der Waals surface area contributed by atoms with Crippen molar-refractivity contribution < 1.29 is 9.90 Å². The van der Waals surface area contributed by atoms with Crippen LogP contribution in [0.15, 0.2) is 16.8 Å². The molecule has 4 heteroatoms. The summed E-state index contributed by atoms with van der Waals surface area (Å²) < 4.78 is 0. The lowest BCUT2D eigenvalue weighted by Crippen LogP contribution is -2.29. The summed E-state index contributed by atoms with van der Waals surface area (Å²) in [4.78, 5) is 13.4. The zero-order chi connectivity index (χ0) is 9.26. The van der Waals surface area contributed by atoms with Crippen LogP contribution in [-0.2, 0) is 0 Å². The molecule has 0 aliphatic carbocycles. The number of carbonyl (C=O) groups excluding carboxylic acids is 1. The van der Waals surface area contributed by atoms with Gasteiger partial charge in [0.15, 0.2) is 0 Å². The standard InChI is InChI=1S/C9H11NO2S/c11-8-1-3-10(5-8)9(12)7-2-4-13-6-7/h2,4,6,8,11H,1,3,5H2/t8-/m1/s1. The van der Waals surface area contributed by atoms with Crippen molar-refractivity contribution in [3.63, 3.8) is 0 Å². The zero-order valence-corrected chi connectivity index (χ0v) is 7.96. The van der Waals surface area contributed by atoms with Gasteiger partial charge in [0, 0.05) is 18.5 Å². The maximum Gasteiger partial charge on any atom is 0.254 e. The van der Waals surface area contributed by atoms with E-state index in [9.17, 15) is 9.90 Å². The van der Waals surface area contributed by atoms with Gasteiger partial charge in [0.2, 0.25) is 0 Å². The predicted octanol–water partition coefficient (Wildman–Crippen LogP) is 0.955. The van der Waals surface area contributed by atoms with E-state index in [0.717, 1.165) is 5.56 Å². The van der Waals surface area contributed by atoms with Gasteiger partial charge in [0.1, 0.15) is 0 Å². The number of β-amino-alcohol motifs (C(OH)–C–C–N with tert-alkyl or cyclic N) is 1. The van der Waals surface area contributed by atoms with E-state index >= 15 is 0 Å². The first-order valence-corrected chi connectivity index (χ1v) is 5.21. The molecule has 13 heavy (non-hydrogen) atoms. The van der Waals surface area contributed by atoms with E-state index in [1.807, 2.05) is 16.8 Å². The van der Waals surface area contributed by atoms with Crippen LogP contribution in [0.3, 0.4) is 0 Å². The predicted molar refractivity (Wildman–Crippen MR) is 50.8 cm³/mol.